The number of aryl methyl sites for hydroxylation is 2. The third-order valence-corrected chi connectivity index (χ3v) is 4.07. The molecular weight excluding hydrogens is 272 g/mol. The molecule has 0 bridgehead atoms. The van der Waals surface area contributed by atoms with E-state index in [0.29, 0.717) is 13.0 Å². The van der Waals surface area contributed by atoms with Gasteiger partial charge in [-0.1, -0.05) is 23.8 Å². The van der Waals surface area contributed by atoms with Crippen LogP contribution in [0.2, 0.25) is 0 Å². The highest BCUT2D eigenvalue weighted by Gasteiger charge is 2.25. The summed E-state index contributed by atoms with van der Waals surface area (Å²) in [6.07, 6.45) is 3.85. The molecule has 1 fully saturated rings. The smallest absolute Gasteiger partial charge is 0.227 e. The Labute approximate surface area is 127 Å². The van der Waals surface area contributed by atoms with E-state index in [9.17, 15) is 4.79 Å². The molecule has 1 aromatic carbocycles. The number of nitrogens with two attached hydrogens (primary N) is 1. The van der Waals surface area contributed by atoms with Gasteiger partial charge in [0.05, 0.1) is 6.42 Å². The molecule has 1 saturated heterocycles. The van der Waals surface area contributed by atoms with E-state index in [-0.39, 0.29) is 24.4 Å². The van der Waals surface area contributed by atoms with Crippen LogP contribution < -0.4 is 5.73 Å². The van der Waals surface area contributed by atoms with E-state index in [1.54, 1.807) is 0 Å². The summed E-state index contributed by atoms with van der Waals surface area (Å²) in [6.45, 7) is 5.58. The van der Waals surface area contributed by atoms with Crippen molar-refractivity contribution in [3.8, 4) is 0 Å². The highest BCUT2D eigenvalue weighted by Crippen LogP contribution is 2.19. The van der Waals surface area contributed by atoms with Gasteiger partial charge < -0.3 is 10.6 Å². The average Bonchev–Trinajstić information content (AvgIpc) is 2.42. The summed E-state index contributed by atoms with van der Waals surface area (Å²) < 4.78 is 0. The first-order chi connectivity index (χ1) is 9.11. The van der Waals surface area contributed by atoms with Crippen molar-refractivity contribution in [1.29, 1.82) is 0 Å². The van der Waals surface area contributed by atoms with E-state index in [0.717, 1.165) is 24.9 Å². The van der Waals surface area contributed by atoms with Crippen LogP contribution in [0.25, 0.3) is 0 Å². The Kier molecular flexibility index (Phi) is 6.50. The first kappa shape index (κ1) is 17.0. The fraction of sp³-hybridized carbons (Fsp3) is 0.562. The van der Waals surface area contributed by atoms with Crippen LogP contribution in [0, 0.1) is 13.8 Å². The molecule has 1 amide bonds. The first-order valence-electron chi connectivity index (χ1n) is 7.17. The molecular formula is C16H25ClN2O. The second-order valence-electron chi connectivity index (χ2n) is 5.58. The fourth-order valence-electron chi connectivity index (χ4n) is 2.83. The monoisotopic (exact) mass is 296 g/mol. The molecule has 0 saturated carbocycles. The molecule has 1 unspecified atom stereocenters. The summed E-state index contributed by atoms with van der Waals surface area (Å²) >= 11 is 0. The third kappa shape index (κ3) is 3.97. The Morgan fingerprint density at radius 3 is 2.80 bits per heavy atom. The van der Waals surface area contributed by atoms with Crippen LogP contribution >= 0.6 is 12.4 Å². The van der Waals surface area contributed by atoms with E-state index in [1.165, 1.54) is 17.5 Å². The van der Waals surface area contributed by atoms with Crippen LogP contribution in [0.15, 0.2) is 18.2 Å². The third-order valence-electron chi connectivity index (χ3n) is 4.07. The Morgan fingerprint density at radius 2 is 2.10 bits per heavy atom. The lowest BCUT2D eigenvalue weighted by atomic mass is 9.99. The van der Waals surface area contributed by atoms with Crippen molar-refractivity contribution in [2.24, 2.45) is 5.73 Å². The molecule has 4 heteroatoms. The van der Waals surface area contributed by atoms with Gasteiger partial charge in [-0.05, 0) is 44.2 Å². The van der Waals surface area contributed by atoms with Gasteiger partial charge in [0.15, 0.2) is 0 Å². The van der Waals surface area contributed by atoms with Crippen molar-refractivity contribution in [3.05, 3.63) is 34.9 Å². The van der Waals surface area contributed by atoms with Gasteiger partial charge in [-0.2, -0.15) is 0 Å². The maximum absolute atomic E-state index is 12.5. The zero-order chi connectivity index (χ0) is 13.8. The van der Waals surface area contributed by atoms with E-state index >= 15 is 0 Å². The number of amides is 1. The summed E-state index contributed by atoms with van der Waals surface area (Å²) in [4.78, 5) is 14.5. The number of halogens is 1. The highest BCUT2D eigenvalue weighted by atomic mass is 35.5. The topological polar surface area (TPSA) is 46.3 Å². The van der Waals surface area contributed by atoms with Crippen molar-refractivity contribution in [2.45, 2.75) is 45.6 Å². The number of likely N-dealkylation sites (tertiary alicyclic amines) is 1. The number of hydrogen-bond donors (Lipinski definition) is 1. The number of benzene rings is 1. The molecule has 3 nitrogen and oxygen atoms in total. The highest BCUT2D eigenvalue weighted by molar-refractivity contribution is 5.85. The van der Waals surface area contributed by atoms with Gasteiger partial charge in [0.1, 0.15) is 0 Å². The Hall–Kier alpha value is -1.06. The Bertz CT molecular complexity index is 462. The number of rotatable bonds is 3. The van der Waals surface area contributed by atoms with Gasteiger partial charge in [0.2, 0.25) is 5.91 Å². The molecule has 0 aromatic heterocycles. The predicted molar refractivity (Wildman–Crippen MR) is 85.3 cm³/mol. The standard InChI is InChI=1S/C16H24N2O.ClH/c1-12-6-7-13(2)14(9-12)10-16(19)18-8-4-3-5-15(18)11-17;/h6-7,9,15H,3-5,8,10-11,17H2,1-2H3;1H. The number of nitrogens with zero attached hydrogens (tertiary/aromatic N) is 1. The average molecular weight is 297 g/mol. The molecule has 20 heavy (non-hydrogen) atoms. The minimum absolute atomic E-state index is 0. The molecule has 1 heterocycles. The lowest BCUT2D eigenvalue weighted by molar-refractivity contribution is -0.133. The summed E-state index contributed by atoms with van der Waals surface area (Å²) in [6, 6.07) is 6.54. The maximum Gasteiger partial charge on any atom is 0.227 e. The lowest BCUT2D eigenvalue weighted by Gasteiger charge is -2.35. The molecule has 112 valence electrons. The zero-order valence-electron chi connectivity index (χ0n) is 12.4. The minimum Gasteiger partial charge on any atom is -0.338 e. The first-order valence-corrected chi connectivity index (χ1v) is 7.17. The molecule has 1 aliphatic heterocycles. The molecule has 2 N–H and O–H groups in total. The van der Waals surface area contributed by atoms with Gasteiger partial charge in [-0.3, -0.25) is 4.79 Å². The van der Waals surface area contributed by atoms with Crippen molar-refractivity contribution >= 4 is 18.3 Å². The van der Waals surface area contributed by atoms with E-state index in [1.807, 2.05) is 4.90 Å². The Morgan fingerprint density at radius 1 is 1.35 bits per heavy atom. The number of piperidine rings is 1. The van der Waals surface area contributed by atoms with Crippen LogP contribution in [-0.2, 0) is 11.2 Å². The summed E-state index contributed by atoms with van der Waals surface area (Å²) in [7, 11) is 0. The van der Waals surface area contributed by atoms with E-state index < -0.39 is 0 Å². The summed E-state index contributed by atoms with van der Waals surface area (Å²) in [5.41, 5.74) is 9.33. The van der Waals surface area contributed by atoms with E-state index in [4.69, 9.17) is 5.73 Å². The number of hydrogen-bond acceptors (Lipinski definition) is 2. The fourth-order valence-corrected chi connectivity index (χ4v) is 2.83. The summed E-state index contributed by atoms with van der Waals surface area (Å²) in [5, 5.41) is 0. The van der Waals surface area contributed by atoms with Crippen molar-refractivity contribution < 1.29 is 4.79 Å². The second kappa shape index (κ2) is 7.65. The van der Waals surface area contributed by atoms with Crippen molar-refractivity contribution in [2.75, 3.05) is 13.1 Å². The van der Waals surface area contributed by atoms with Crippen molar-refractivity contribution in [3.63, 3.8) is 0 Å². The maximum atomic E-state index is 12.5. The molecule has 1 aromatic rings. The molecule has 0 aliphatic carbocycles. The number of carbonyl (C=O) groups excluding carboxylic acids is 1. The Balaban J connectivity index is 0.00000200. The van der Waals surface area contributed by atoms with Gasteiger partial charge in [0.25, 0.3) is 0 Å². The SMILES string of the molecule is Cc1ccc(C)c(CC(=O)N2CCCCC2CN)c1.Cl. The number of carbonyl (C=O) groups is 1. The van der Waals surface area contributed by atoms with Crippen molar-refractivity contribution in [1.82, 2.24) is 4.90 Å². The van der Waals surface area contributed by atoms with Crippen LogP contribution in [0.3, 0.4) is 0 Å². The largest absolute Gasteiger partial charge is 0.338 e. The molecule has 1 atom stereocenters. The minimum atomic E-state index is 0. The van der Waals surface area contributed by atoms with E-state index in [2.05, 4.69) is 32.0 Å². The summed E-state index contributed by atoms with van der Waals surface area (Å²) in [5.74, 6) is 0.226. The van der Waals surface area contributed by atoms with Gasteiger partial charge in [-0.25, -0.2) is 0 Å². The molecule has 0 radical (unpaired) electrons. The van der Waals surface area contributed by atoms with Crippen LogP contribution in [-0.4, -0.2) is 29.9 Å². The van der Waals surface area contributed by atoms with Gasteiger partial charge in [0, 0.05) is 19.1 Å². The normalized spacial score (nSPS) is 18.6. The van der Waals surface area contributed by atoms with Crippen LogP contribution in [0.4, 0.5) is 0 Å². The second-order valence-corrected chi connectivity index (χ2v) is 5.58. The van der Waals surface area contributed by atoms with Gasteiger partial charge >= 0.3 is 0 Å². The quantitative estimate of drug-likeness (QED) is 0.932. The molecule has 1 aliphatic rings. The predicted octanol–water partition coefficient (Wildman–Crippen LogP) is 2.61. The zero-order valence-corrected chi connectivity index (χ0v) is 13.2. The van der Waals surface area contributed by atoms with Crippen LogP contribution in [0.1, 0.15) is 36.0 Å². The van der Waals surface area contributed by atoms with Gasteiger partial charge in [-0.15, -0.1) is 12.4 Å². The molecule has 0 spiro atoms. The van der Waals surface area contributed by atoms with Crippen LogP contribution in [0.5, 0.6) is 0 Å². The lowest BCUT2D eigenvalue weighted by Crippen LogP contribution is -2.48. The molecule has 2 rings (SSSR count).